The summed E-state index contributed by atoms with van der Waals surface area (Å²) < 4.78 is 6.55. The third-order valence-electron chi connectivity index (χ3n) is 13.0. The van der Waals surface area contributed by atoms with Crippen LogP contribution in [0.5, 0.6) is 0 Å². The Labute approximate surface area is 355 Å². The average molecular weight is 780 g/mol. The number of para-hydroxylation sites is 1. The SMILES string of the molecule is CC1(C)c2ccccc2-c2cccc(-c3ccc(N(c4cccc(-c5ccc6ccccc6c5)c4)c4ccccc4-c4ccc5oc6c7ccccc7ccc6c5c4)cc3)c21. The van der Waals surface area contributed by atoms with Gasteiger partial charge in [0.2, 0.25) is 0 Å². The number of hydrogen-bond acceptors (Lipinski definition) is 2. The Kier molecular flexibility index (Phi) is 7.92. The summed E-state index contributed by atoms with van der Waals surface area (Å²) in [4.78, 5) is 2.42. The lowest BCUT2D eigenvalue weighted by molar-refractivity contribution is 0.662. The molecule has 12 rings (SSSR count). The summed E-state index contributed by atoms with van der Waals surface area (Å²) >= 11 is 0. The second-order valence-corrected chi connectivity index (χ2v) is 16.9. The van der Waals surface area contributed by atoms with Crippen LogP contribution < -0.4 is 4.90 Å². The molecule has 0 spiro atoms. The molecule has 0 aliphatic heterocycles. The summed E-state index contributed by atoms with van der Waals surface area (Å²) in [6.07, 6.45) is 0. The summed E-state index contributed by atoms with van der Waals surface area (Å²) in [6, 6.07) is 77.5. The maximum atomic E-state index is 6.55. The van der Waals surface area contributed by atoms with Crippen molar-refractivity contribution >= 4 is 60.5 Å². The Bertz CT molecular complexity index is 3520. The molecular weight excluding hydrogens is 739 g/mol. The van der Waals surface area contributed by atoms with E-state index < -0.39 is 0 Å². The number of furan rings is 1. The Morgan fingerprint density at radius 2 is 1.03 bits per heavy atom. The highest BCUT2D eigenvalue weighted by Gasteiger charge is 2.37. The molecule has 0 radical (unpaired) electrons. The van der Waals surface area contributed by atoms with Gasteiger partial charge < -0.3 is 9.32 Å². The monoisotopic (exact) mass is 779 g/mol. The zero-order chi connectivity index (χ0) is 40.7. The molecule has 0 fully saturated rings. The molecule has 288 valence electrons. The van der Waals surface area contributed by atoms with Gasteiger partial charge in [0.25, 0.3) is 0 Å². The molecule has 61 heavy (non-hydrogen) atoms. The van der Waals surface area contributed by atoms with Crippen molar-refractivity contribution in [3.05, 3.63) is 223 Å². The van der Waals surface area contributed by atoms with Crippen molar-refractivity contribution in [2.45, 2.75) is 19.3 Å². The smallest absolute Gasteiger partial charge is 0.143 e. The topological polar surface area (TPSA) is 16.4 Å². The van der Waals surface area contributed by atoms with E-state index in [1.54, 1.807) is 0 Å². The molecule has 0 amide bonds. The Morgan fingerprint density at radius 3 is 1.92 bits per heavy atom. The van der Waals surface area contributed by atoms with Crippen molar-refractivity contribution in [1.82, 2.24) is 0 Å². The highest BCUT2D eigenvalue weighted by atomic mass is 16.3. The van der Waals surface area contributed by atoms with Gasteiger partial charge in [-0.15, -0.1) is 0 Å². The first kappa shape index (κ1) is 35.3. The number of fused-ring (bicyclic) bond motifs is 9. The summed E-state index contributed by atoms with van der Waals surface area (Å²) in [5, 5.41) is 7.03. The van der Waals surface area contributed by atoms with E-state index in [4.69, 9.17) is 4.42 Å². The van der Waals surface area contributed by atoms with Gasteiger partial charge in [-0.1, -0.05) is 172 Å². The van der Waals surface area contributed by atoms with Crippen LogP contribution >= 0.6 is 0 Å². The van der Waals surface area contributed by atoms with Gasteiger partial charge in [-0.2, -0.15) is 0 Å². The molecule has 2 heteroatoms. The van der Waals surface area contributed by atoms with Crippen molar-refractivity contribution in [3.63, 3.8) is 0 Å². The average Bonchev–Trinajstić information content (AvgIpc) is 3.81. The number of nitrogens with zero attached hydrogens (tertiary/aromatic N) is 1. The highest BCUT2D eigenvalue weighted by Crippen LogP contribution is 2.52. The van der Waals surface area contributed by atoms with Crippen LogP contribution in [0.1, 0.15) is 25.0 Å². The Morgan fingerprint density at radius 1 is 0.377 bits per heavy atom. The molecule has 1 aliphatic carbocycles. The van der Waals surface area contributed by atoms with E-state index in [1.807, 2.05) is 0 Å². The highest BCUT2D eigenvalue weighted by molar-refractivity contribution is 6.15. The standard InChI is InChI=1S/C59H41NO/c1-59(2)54-23-9-7-20-50(54)51-22-12-21-48(57(51)59)40-27-31-45(32-28-40)60(46-17-11-16-42(36-46)43-26-25-38-13-3-4-15-41(38)35-43)55-24-10-8-18-47(55)44-30-34-56-53(37-44)52-33-29-39-14-5-6-19-49(39)58(52)61-56/h3-37H,1-2H3. The van der Waals surface area contributed by atoms with Gasteiger partial charge >= 0.3 is 0 Å². The maximum Gasteiger partial charge on any atom is 0.143 e. The number of rotatable bonds is 6. The van der Waals surface area contributed by atoms with Gasteiger partial charge in [0.15, 0.2) is 0 Å². The van der Waals surface area contributed by atoms with E-state index in [9.17, 15) is 0 Å². The second-order valence-electron chi connectivity index (χ2n) is 16.9. The maximum absolute atomic E-state index is 6.55. The molecule has 10 aromatic carbocycles. The fraction of sp³-hybridized carbons (Fsp3) is 0.0508. The minimum Gasteiger partial charge on any atom is -0.455 e. The molecule has 0 atom stereocenters. The zero-order valence-corrected chi connectivity index (χ0v) is 34.1. The molecular formula is C59H41NO. The van der Waals surface area contributed by atoms with Crippen LogP contribution in [-0.4, -0.2) is 0 Å². The first-order valence-corrected chi connectivity index (χ1v) is 21.2. The lowest BCUT2D eigenvalue weighted by Crippen LogP contribution is -2.16. The predicted octanol–water partition coefficient (Wildman–Crippen LogP) is 16.7. The molecule has 2 nitrogen and oxygen atoms in total. The fourth-order valence-electron chi connectivity index (χ4n) is 10.1. The molecule has 11 aromatic rings. The van der Waals surface area contributed by atoms with Gasteiger partial charge in [0.1, 0.15) is 11.2 Å². The summed E-state index contributed by atoms with van der Waals surface area (Å²) in [7, 11) is 0. The third kappa shape index (κ3) is 5.64. The predicted molar refractivity (Wildman–Crippen MR) is 257 cm³/mol. The van der Waals surface area contributed by atoms with Crippen LogP contribution in [0.3, 0.4) is 0 Å². The van der Waals surface area contributed by atoms with Crippen LogP contribution in [0.2, 0.25) is 0 Å². The largest absolute Gasteiger partial charge is 0.455 e. The normalized spacial score (nSPS) is 12.9. The van der Waals surface area contributed by atoms with Crippen LogP contribution in [0.4, 0.5) is 17.1 Å². The van der Waals surface area contributed by atoms with E-state index in [0.717, 1.165) is 55.5 Å². The number of anilines is 3. The molecule has 1 aliphatic rings. The lowest BCUT2D eigenvalue weighted by atomic mass is 9.79. The summed E-state index contributed by atoms with van der Waals surface area (Å²) in [5.74, 6) is 0. The summed E-state index contributed by atoms with van der Waals surface area (Å²) in [5.41, 5.74) is 17.6. The quantitative estimate of drug-likeness (QED) is 0.167. The molecule has 0 unspecified atom stereocenters. The minimum atomic E-state index is -0.107. The molecule has 0 saturated heterocycles. The minimum absolute atomic E-state index is 0.107. The Hall–Kier alpha value is -7.68. The van der Waals surface area contributed by atoms with Crippen molar-refractivity contribution in [2.24, 2.45) is 0 Å². The molecule has 1 aromatic heterocycles. The first-order valence-electron chi connectivity index (χ1n) is 21.2. The zero-order valence-electron chi connectivity index (χ0n) is 34.1. The van der Waals surface area contributed by atoms with Crippen molar-refractivity contribution in [1.29, 1.82) is 0 Å². The van der Waals surface area contributed by atoms with E-state index >= 15 is 0 Å². The fourth-order valence-corrected chi connectivity index (χ4v) is 10.1. The van der Waals surface area contributed by atoms with Crippen LogP contribution in [-0.2, 0) is 5.41 Å². The number of benzene rings is 10. The van der Waals surface area contributed by atoms with Crippen LogP contribution in [0.25, 0.3) is 88.0 Å². The van der Waals surface area contributed by atoms with Gasteiger partial charge in [-0.3, -0.25) is 0 Å². The molecule has 1 heterocycles. The molecule has 0 N–H and O–H groups in total. The van der Waals surface area contributed by atoms with E-state index in [2.05, 4.69) is 231 Å². The van der Waals surface area contributed by atoms with Gasteiger partial charge in [-0.25, -0.2) is 0 Å². The van der Waals surface area contributed by atoms with E-state index in [-0.39, 0.29) is 5.41 Å². The first-order chi connectivity index (χ1) is 30.0. The van der Waals surface area contributed by atoms with Crippen molar-refractivity contribution in [2.75, 3.05) is 4.90 Å². The third-order valence-corrected chi connectivity index (χ3v) is 13.0. The van der Waals surface area contributed by atoms with Crippen LogP contribution in [0.15, 0.2) is 217 Å². The van der Waals surface area contributed by atoms with E-state index in [1.165, 1.54) is 60.7 Å². The lowest BCUT2D eigenvalue weighted by Gasteiger charge is -2.29. The van der Waals surface area contributed by atoms with Gasteiger partial charge in [-0.05, 0) is 121 Å². The van der Waals surface area contributed by atoms with Crippen molar-refractivity contribution in [3.8, 4) is 44.5 Å². The molecule has 0 bridgehead atoms. The van der Waals surface area contributed by atoms with Crippen LogP contribution in [0, 0.1) is 0 Å². The van der Waals surface area contributed by atoms with Gasteiger partial charge in [0, 0.05) is 38.5 Å². The molecule has 0 saturated carbocycles. The van der Waals surface area contributed by atoms with Crippen molar-refractivity contribution < 1.29 is 4.42 Å². The summed E-state index contributed by atoms with van der Waals surface area (Å²) in [6.45, 7) is 4.73. The second kappa shape index (κ2) is 13.7. The Balaban J connectivity index is 1.02. The van der Waals surface area contributed by atoms with E-state index in [0.29, 0.717) is 0 Å². The van der Waals surface area contributed by atoms with Gasteiger partial charge in [0.05, 0.1) is 5.69 Å². The number of hydrogen-bond donors (Lipinski definition) is 0.